The predicted octanol–water partition coefficient (Wildman–Crippen LogP) is 3.67. The molecule has 4 heteroatoms. The third-order valence-corrected chi connectivity index (χ3v) is 4.92. The fraction of sp³-hybridized carbons (Fsp3) is 0.381. The maximum absolute atomic E-state index is 12.8. The number of ether oxygens (including phenoxy) is 1. The van der Waals surface area contributed by atoms with E-state index in [1.54, 1.807) is 7.11 Å². The van der Waals surface area contributed by atoms with Crippen LogP contribution in [0.2, 0.25) is 0 Å². The van der Waals surface area contributed by atoms with Crippen LogP contribution in [0.25, 0.3) is 0 Å². The van der Waals surface area contributed by atoms with Crippen molar-refractivity contribution in [2.45, 2.75) is 25.3 Å². The SMILES string of the molecule is COc1ccc(CCC(=O)N2CCC(N(C)C)c3ccccc32)cc1. The van der Waals surface area contributed by atoms with Crippen LogP contribution in [-0.4, -0.2) is 38.6 Å². The van der Waals surface area contributed by atoms with Crippen molar-refractivity contribution < 1.29 is 9.53 Å². The van der Waals surface area contributed by atoms with E-state index in [9.17, 15) is 4.79 Å². The van der Waals surface area contributed by atoms with Crippen LogP contribution in [0.15, 0.2) is 48.5 Å². The van der Waals surface area contributed by atoms with Gasteiger partial charge in [0, 0.05) is 24.7 Å². The summed E-state index contributed by atoms with van der Waals surface area (Å²) < 4.78 is 5.18. The highest BCUT2D eigenvalue weighted by molar-refractivity contribution is 5.94. The number of para-hydroxylation sites is 1. The molecule has 0 saturated heterocycles. The van der Waals surface area contributed by atoms with Gasteiger partial charge in [0.05, 0.1) is 7.11 Å². The van der Waals surface area contributed by atoms with E-state index in [0.717, 1.165) is 36.4 Å². The Kier molecular flexibility index (Phi) is 5.39. The molecule has 0 saturated carbocycles. The molecule has 25 heavy (non-hydrogen) atoms. The molecule has 0 bridgehead atoms. The van der Waals surface area contributed by atoms with Crippen molar-refractivity contribution in [1.29, 1.82) is 0 Å². The normalized spacial score (nSPS) is 16.6. The van der Waals surface area contributed by atoms with E-state index >= 15 is 0 Å². The zero-order valence-corrected chi connectivity index (χ0v) is 15.2. The average molecular weight is 338 g/mol. The molecule has 2 aromatic carbocycles. The fourth-order valence-electron chi connectivity index (χ4n) is 3.52. The third kappa shape index (κ3) is 3.85. The Morgan fingerprint density at radius 1 is 1.16 bits per heavy atom. The Morgan fingerprint density at radius 2 is 1.88 bits per heavy atom. The number of carbonyl (C=O) groups excluding carboxylic acids is 1. The molecule has 0 spiro atoms. The number of nitrogens with zero attached hydrogens (tertiary/aromatic N) is 2. The molecule has 1 aliphatic heterocycles. The Labute approximate surface area is 150 Å². The summed E-state index contributed by atoms with van der Waals surface area (Å²) in [5.74, 6) is 1.04. The first-order valence-electron chi connectivity index (χ1n) is 8.79. The molecule has 132 valence electrons. The number of rotatable bonds is 5. The third-order valence-electron chi connectivity index (χ3n) is 4.92. The molecule has 0 aliphatic carbocycles. The molecular weight excluding hydrogens is 312 g/mol. The van der Waals surface area contributed by atoms with Gasteiger partial charge >= 0.3 is 0 Å². The Hall–Kier alpha value is -2.33. The quantitative estimate of drug-likeness (QED) is 0.834. The number of methoxy groups -OCH3 is 1. The standard InChI is InChI=1S/C21H26N2O2/c1-22(2)19-14-15-23(20-7-5-4-6-18(19)20)21(24)13-10-16-8-11-17(25-3)12-9-16/h4-9,11-12,19H,10,13-15H2,1-3H3. The summed E-state index contributed by atoms with van der Waals surface area (Å²) in [5.41, 5.74) is 3.47. The van der Waals surface area contributed by atoms with Crippen LogP contribution in [0, 0.1) is 0 Å². The number of aryl methyl sites for hydroxylation is 1. The summed E-state index contributed by atoms with van der Waals surface area (Å²) in [6.07, 6.45) is 2.24. The smallest absolute Gasteiger partial charge is 0.227 e. The lowest BCUT2D eigenvalue weighted by Gasteiger charge is -2.37. The van der Waals surface area contributed by atoms with Gasteiger partial charge in [-0.25, -0.2) is 0 Å². The number of amides is 1. The summed E-state index contributed by atoms with van der Waals surface area (Å²) in [5, 5.41) is 0. The highest BCUT2D eigenvalue weighted by atomic mass is 16.5. The predicted molar refractivity (Wildman–Crippen MR) is 101 cm³/mol. The van der Waals surface area contributed by atoms with Gasteiger partial charge in [-0.3, -0.25) is 4.79 Å². The lowest BCUT2D eigenvalue weighted by molar-refractivity contribution is -0.118. The Balaban J connectivity index is 1.70. The van der Waals surface area contributed by atoms with Gasteiger partial charge in [0.1, 0.15) is 5.75 Å². The minimum Gasteiger partial charge on any atom is -0.497 e. The van der Waals surface area contributed by atoms with Crippen molar-refractivity contribution >= 4 is 11.6 Å². The van der Waals surface area contributed by atoms with Gasteiger partial charge in [-0.15, -0.1) is 0 Å². The molecule has 2 aromatic rings. The van der Waals surface area contributed by atoms with Crippen molar-refractivity contribution in [3.05, 3.63) is 59.7 Å². The van der Waals surface area contributed by atoms with Gasteiger partial charge in [-0.05, 0) is 56.3 Å². The maximum atomic E-state index is 12.8. The van der Waals surface area contributed by atoms with Gasteiger partial charge in [-0.2, -0.15) is 0 Å². The topological polar surface area (TPSA) is 32.8 Å². The molecule has 0 radical (unpaired) electrons. The number of hydrogen-bond donors (Lipinski definition) is 0. The van der Waals surface area contributed by atoms with Gasteiger partial charge in [0.2, 0.25) is 5.91 Å². The highest BCUT2D eigenvalue weighted by Gasteiger charge is 2.29. The summed E-state index contributed by atoms with van der Waals surface area (Å²) in [6, 6.07) is 16.6. The first kappa shape index (κ1) is 17.5. The molecule has 0 N–H and O–H groups in total. The van der Waals surface area contributed by atoms with Crippen LogP contribution in [0.1, 0.15) is 30.0 Å². The summed E-state index contributed by atoms with van der Waals surface area (Å²) in [7, 11) is 5.86. The van der Waals surface area contributed by atoms with E-state index in [4.69, 9.17) is 4.74 Å². The maximum Gasteiger partial charge on any atom is 0.227 e. The van der Waals surface area contributed by atoms with E-state index in [0.29, 0.717) is 12.5 Å². The molecular formula is C21H26N2O2. The van der Waals surface area contributed by atoms with Crippen molar-refractivity contribution in [3.63, 3.8) is 0 Å². The Bertz CT molecular complexity index is 725. The van der Waals surface area contributed by atoms with Gasteiger partial charge in [-0.1, -0.05) is 30.3 Å². The van der Waals surface area contributed by atoms with E-state index in [2.05, 4.69) is 37.2 Å². The van der Waals surface area contributed by atoms with Crippen LogP contribution in [0.3, 0.4) is 0 Å². The van der Waals surface area contributed by atoms with E-state index < -0.39 is 0 Å². The highest BCUT2D eigenvalue weighted by Crippen LogP contribution is 2.36. The summed E-state index contributed by atoms with van der Waals surface area (Å²) in [6.45, 7) is 0.779. The molecule has 1 heterocycles. The second-order valence-electron chi connectivity index (χ2n) is 6.72. The number of carbonyl (C=O) groups is 1. The van der Waals surface area contributed by atoms with Crippen LogP contribution in [0.5, 0.6) is 5.75 Å². The monoisotopic (exact) mass is 338 g/mol. The van der Waals surface area contributed by atoms with Gasteiger partial charge < -0.3 is 14.5 Å². The minimum absolute atomic E-state index is 0.195. The zero-order chi connectivity index (χ0) is 17.8. The second kappa shape index (κ2) is 7.70. The molecule has 1 atom stereocenters. The summed E-state index contributed by atoms with van der Waals surface area (Å²) >= 11 is 0. The van der Waals surface area contributed by atoms with Gasteiger partial charge in [0.15, 0.2) is 0 Å². The zero-order valence-electron chi connectivity index (χ0n) is 15.2. The first-order chi connectivity index (χ1) is 12.1. The van der Waals surface area contributed by atoms with Crippen molar-refractivity contribution in [2.24, 2.45) is 0 Å². The van der Waals surface area contributed by atoms with Crippen LogP contribution >= 0.6 is 0 Å². The number of hydrogen-bond acceptors (Lipinski definition) is 3. The lowest BCUT2D eigenvalue weighted by atomic mass is 9.95. The lowest BCUT2D eigenvalue weighted by Crippen LogP contribution is -2.39. The van der Waals surface area contributed by atoms with Gasteiger partial charge in [0.25, 0.3) is 0 Å². The van der Waals surface area contributed by atoms with Crippen LogP contribution < -0.4 is 9.64 Å². The van der Waals surface area contributed by atoms with Crippen molar-refractivity contribution in [3.8, 4) is 5.75 Å². The Morgan fingerprint density at radius 3 is 2.56 bits per heavy atom. The fourth-order valence-corrected chi connectivity index (χ4v) is 3.52. The molecule has 1 unspecified atom stereocenters. The molecule has 4 nitrogen and oxygen atoms in total. The first-order valence-corrected chi connectivity index (χ1v) is 8.79. The average Bonchev–Trinajstić information content (AvgIpc) is 2.65. The molecule has 3 rings (SSSR count). The summed E-state index contributed by atoms with van der Waals surface area (Å²) in [4.78, 5) is 17.0. The second-order valence-corrected chi connectivity index (χ2v) is 6.72. The van der Waals surface area contributed by atoms with Crippen LogP contribution in [0.4, 0.5) is 5.69 Å². The van der Waals surface area contributed by atoms with E-state index in [-0.39, 0.29) is 5.91 Å². The number of fused-ring (bicyclic) bond motifs is 1. The van der Waals surface area contributed by atoms with E-state index in [1.807, 2.05) is 35.2 Å². The number of anilines is 1. The minimum atomic E-state index is 0.195. The molecule has 1 amide bonds. The van der Waals surface area contributed by atoms with Crippen molar-refractivity contribution in [2.75, 3.05) is 32.6 Å². The molecule has 1 aliphatic rings. The molecule has 0 fully saturated rings. The largest absolute Gasteiger partial charge is 0.497 e. The molecule has 0 aromatic heterocycles. The van der Waals surface area contributed by atoms with E-state index in [1.165, 1.54) is 5.56 Å². The van der Waals surface area contributed by atoms with Crippen molar-refractivity contribution in [1.82, 2.24) is 4.90 Å². The van der Waals surface area contributed by atoms with Crippen LogP contribution in [-0.2, 0) is 11.2 Å². The number of benzene rings is 2.